The van der Waals surface area contributed by atoms with E-state index in [2.05, 4.69) is 199 Å². The van der Waals surface area contributed by atoms with E-state index in [0.29, 0.717) is 0 Å². The second-order valence-corrected chi connectivity index (χ2v) is 14.2. The zero-order valence-corrected chi connectivity index (χ0v) is 29.1. The first kappa shape index (κ1) is 30.3. The minimum absolute atomic E-state index is 1.05. The Morgan fingerprint density at radius 2 is 0.923 bits per heavy atom. The highest BCUT2D eigenvalue weighted by Crippen LogP contribution is 2.42. The van der Waals surface area contributed by atoms with Crippen LogP contribution in [0, 0.1) is 0 Å². The van der Waals surface area contributed by atoms with E-state index in [4.69, 9.17) is 4.98 Å². The molecule has 0 N–H and O–H groups in total. The summed E-state index contributed by atoms with van der Waals surface area (Å²) in [5.74, 6) is 0. The molecule has 0 aliphatic carbocycles. The van der Waals surface area contributed by atoms with Crippen LogP contribution in [0.3, 0.4) is 0 Å². The van der Waals surface area contributed by atoms with Crippen LogP contribution in [0.1, 0.15) is 0 Å². The SMILES string of the molecule is c1ccc(-c2ccc(N(c3ccc(-c4ccc5ccc6ccc7sc(-c8ccccc8)nc7c6c5c4)cc3)c3cccc4ccccc34)cc2)cc1. The van der Waals surface area contributed by atoms with Gasteiger partial charge in [0.05, 0.1) is 15.9 Å². The second-order valence-electron chi connectivity index (χ2n) is 13.2. The molecule has 0 saturated carbocycles. The van der Waals surface area contributed by atoms with Gasteiger partial charge in [-0.25, -0.2) is 4.98 Å². The molecule has 2 nitrogen and oxygen atoms in total. The monoisotopic (exact) mass is 680 g/mol. The van der Waals surface area contributed by atoms with Crippen molar-refractivity contribution in [3.63, 3.8) is 0 Å². The minimum Gasteiger partial charge on any atom is -0.310 e. The van der Waals surface area contributed by atoms with E-state index in [1.807, 2.05) is 0 Å². The molecule has 244 valence electrons. The van der Waals surface area contributed by atoms with Gasteiger partial charge >= 0.3 is 0 Å². The summed E-state index contributed by atoms with van der Waals surface area (Å²) in [5.41, 5.74) is 10.4. The van der Waals surface area contributed by atoms with Gasteiger partial charge in [0.15, 0.2) is 0 Å². The van der Waals surface area contributed by atoms with E-state index >= 15 is 0 Å². The summed E-state index contributed by atoms with van der Waals surface area (Å²) in [6.45, 7) is 0. The first-order chi connectivity index (χ1) is 25.8. The first-order valence-corrected chi connectivity index (χ1v) is 18.4. The van der Waals surface area contributed by atoms with Crippen molar-refractivity contribution in [2.75, 3.05) is 4.90 Å². The summed E-state index contributed by atoms with van der Waals surface area (Å²) in [4.78, 5) is 7.58. The summed E-state index contributed by atoms with van der Waals surface area (Å²) < 4.78 is 1.21. The largest absolute Gasteiger partial charge is 0.310 e. The molecular weight excluding hydrogens is 649 g/mol. The Bertz CT molecular complexity index is 2870. The standard InChI is InChI=1S/C49H32N2S/c1-3-10-33(11-4-1)34-22-27-41(28-23-34)51(45-17-9-15-36-12-7-8-16-43(36)45)42-29-24-35(25-30-42)40-21-19-37-18-20-38-26-31-46-48(47(38)44(37)32-40)50-49(52-46)39-13-5-2-6-14-39/h1-32H. The highest BCUT2D eigenvalue weighted by Gasteiger charge is 2.17. The molecule has 0 atom stereocenters. The van der Waals surface area contributed by atoms with E-state index in [1.54, 1.807) is 11.3 Å². The molecule has 0 spiro atoms. The molecule has 0 radical (unpaired) electrons. The number of hydrogen-bond donors (Lipinski definition) is 0. The third kappa shape index (κ3) is 5.31. The van der Waals surface area contributed by atoms with Gasteiger partial charge in [0.25, 0.3) is 0 Å². The molecule has 0 fully saturated rings. The summed E-state index contributed by atoms with van der Waals surface area (Å²) in [7, 11) is 0. The van der Waals surface area contributed by atoms with Crippen LogP contribution in [0.15, 0.2) is 194 Å². The van der Waals surface area contributed by atoms with Gasteiger partial charge in [0.1, 0.15) is 5.01 Å². The van der Waals surface area contributed by atoms with E-state index in [1.165, 1.54) is 59.3 Å². The van der Waals surface area contributed by atoms with Crippen molar-refractivity contribution in [2.45, 2.75) is 0 Å². The molecule has 1 aromatic heterocycles. The minimum atomic E-state index is 1.05. The van der Waals surface area contributed by atoms with Gasteiger partial charge in [-0.3, -0.25) is 0 Å². The van der Waals surface area contributed by atoms with E-state index in [0.717, 1.165) is 33.1 Å². The molecule has 1 heterocycles. The van der Waals surface area contributed by atoms with Crippen molar-refractivity contribution < 1.29 is 0 Å². The number of anilines is 3. The van der Waals surface area contributed by atoms with Crippen molar-refractivity contribution in [2.24, 2.45) is 0 Å². The molecule has 10 aromatic rings. The summed E-state index contributed by atoms with van der Waals surface area (Å²) in [6.07, 6.45) is 0. The molecule has 0 bridgehead atoms. The van der Waals surface area contributed by atoms with Crippen LogP contribution >= 0.6 is 11.3 Å². The highest BCUT2D eigenvalue weighted by molar-refractivity contribution is 7.21. The topological polar surface area (TPSA) is 16.1 Å². The summed E-state index contributed by atoms with van der Waals surface area (Å²) in [6, 6.07) is 69.9. The lowest BCUT2D eigenvalue weighted by molar-refractivity contribution is 1.30. The average molecular weight is 681 g/mol. The van der Waals surface area contributed by atoms with Crippen LogP contribution in [0.25, 0.3) is 75.4 Å². The lowest BCUT2D eigenvalue weighted by atomic mass is 9.96. The average Bonchev–Trinajstić information content (AvgIpc) is 3.67. The Labute approximate surface area is 306 Å². The van der Waals surface area contributed by atoms with Crippen molar-refractivity contribution >= 4 is 70.9 Å². The molecule has 0 aliphatic heterocycles. The lowest BCUT2D eigenvalue weighted by Crippen LogP contribution is -2.10. The lowest BCUT2D eigenvalue weighted by Gasteiger charge is -2.27. The number of rotatable bonds is 6. The van der Waals surface area contributed by atoms with Gasteiger partial charge in [0, 0.05) is 27.7 Å². The highest BCUT2D eigenvalue weighted by atomic mass is 32.1. The van der Waals surface area contributed by atoms with Gasteiger partial charge in [-0.15, -0.1) is 11.3 Å². The maximum atomic E-state index is 5.21. The van der Waals surface area contributed by atoms with Gasteiger partial charge in [-0.05, 0) is 86.3 Å². The van der Waals surface area contributed by atoms with Crippen molar-refractivity contribution in [1.29, 1.82) is 0 Å². The number of thiazole rings is 1. The Morgan fingerprint density at radius 1 is 0.385 bits per heavy atom. The maximum absolute atomic E-state index is 5.21. The van der Waals surface area contributed by atoms with Crippen molar-refractivity contribution in [1.82, 2.24) is 4.98 Å². The number of aromatic nitrogens is 1. The third-order valence-corrected chi connectivity index (χ3v) is 11.1. The molecule has 10 rings (SSSR count). The van der Waals surface area contributed by atoms with Gasteiger partial charge in [0.2, 0.25) is 0 Å². The Balaban J connectivity index is 1.07. The van der Waals surface area contributed by atoms with Crippen LogP contribution in [-0.2, 0) is 0 Å². The molecular formula is C49H32N2S. The number of fused-ring (bicyclic) bond motifs is 6. The molecule has 9 aromatic carbocycles. The third-order valence-electron chi connectivity index (χ3n) is 10.1. The smallest absolute Gasteiger partial charge is 0.124 e. The Hall–Kier alpha value is -6.55. The van der Waals surface area contributed by atoms with Crippen molar-refractivity contribution in [3.05, 3.63) is 194 Å². The fourth-order valence-electron chi connectivity index (χ4n) is 7.48. The van der Waals surface area contributed by atoms with Crippen molar-refractivity contribution in [3.8, 4) is 32.8 Å². The molecule has 0 saturated heterocycles. The summed E-state index contributed by atoms with van der Waals surface area (Å²) >= 11 is 1.76. The molecule has 0 unspecified atom stereocenters. The molecule has 52 heavy (non-hydrogen) atoms. The van der Waals surface area contributed by atoms with E-state index in [9.17, 15) is 0 Å². The van der Waals surface area contributed by atoms with Crippen LogP contribution < -0.4 is 4.90 Å². The number of benzene rings is 9. The normalized spacial score (nSPS) is 11.5. The maximum Gasteiger partial charge on any atom is 0.124 e. The quantitative estimate of drug-likeness (QED) is 0.163. The van der Waals surface area contributed by atoms with Crippen LogP contribution in [0.2, 0.25) is 0 Å². The molecule has 3 heteroatoms. The fraction of sp³-hybridized carbons (Fsp3) is 0. The number of nitrogens with zero attached hydrogens (tertiary/aromatic N) is 2. The molecule has 0 amide bonds. The predicted octanol–water partition coefficient (Wildman–Crippen LogP) is 14.2. The first-order valence-electron chi connectivity index (χ1n) is 17.6. The Morgan fingerprint density at radius 3 is 1.67 bits per heavy atom. The van der Waals surface area contributed by atoms with Gasteiger partial charge in [-0.1, -0.05) is 152 Å². The predicted molar refractivity (Wildman–Crippen MR) is 223 cm³/mol. The van der Waals surface area contributed by atoms with Crippen LogP contribution in [0.4, 0.5) is 17.1 Å². The fourth-order valence-corrected chi connectivity index (χ4v) is 8.46. The van der Waals surface area contributed by atoms with Crippen LogP contribution in [0.5, 0.6) is 0 Å². The zero-order valence-electron chi connectivity index (χ0n) is 28.3. The van der Waals surface area contributed by atoms with E-state index in [-0.39, 0.29) is 0 Å². The number of hydrogen-bond acceptors (Lipinski definition) is 3. The summed E-state index contributed by atoms with van der Waals surface area (Å²) in [5, 5.41) is 8.36. The van der Waals surface area contributed by atoms with Gasteiger partial charge < -0.3 is 4.90 Å². The zero-order chi connectivity index (χ0) is 34.4. The van der Waals surface area contributed by atoms with Crippen LogP contribution in [-0.4, -0.2) is 4.98 Å². The second kappa shape index (κ2) is 12.6. The van der Waals surface area contributed by atoms with Gasteiger partial charge in [-0.2, -0.15) is 0 Å². The van der Waals surface area contributed by atoms with E-state index < -0.39 is 0 Å². The Kier molecular flexibility index (Phi) is 7.37. The molecule has 0 aliphatic rings.